The lowest BCUT2D eigenvalue weighted by Crippen LogP contribution is -2.17. The summed E-state index contributed by atoms with van der Waals surface area (Å²) in [6, 6.07) is 12.2. The van der Waals surface area contributed by atoms with E-state index in [0.717, 1.165) is 18.5 Å². The van der Waals surface area contributed by atoms with E-state index >= 15 is 0 Å². The van der Waals surface area contributed by atoms with E-state index in [9.17, 15) is 9.59 Å². The van der Waals surface area contributed by atoms with E-state index in [-0.39, 0.29) is 17.7 Å². The lowest BCUT2D eigenvalue weighted by molar-refractivity contribution is -0.117. The standard InChI is InChI=1S/C19H20ClN3O2/c1-23(2)17-10-7-14(20)11-16(17)22-19(25)13-5-8-15(9-6-13)21-18(24)12-3-4-12/h5-12H,3-4H2,1-2H3,(H,21,24)(H,22,25). The normalized spacial score (nSPS) is 13.2. The Morgan fingerprint density at radius 3 is 2.32 bits per heavy atom. The Balaban J connectivity index is 1.71. The van der Waals surface area contributed by atoms with Crippen molar-refractivity contribution in [1.29, 1.82) is 0 Å². The molecule has 0 heterocycles. The molecule has 1 aliphatic rings. The van der Waals surface area contributed by atoms with E-state index in [1.165, 1.54) is 0 Å². The molecule has 0 bridgehead atoms. The molecule has 0 saturated heterocycles. The van der Waals surface area contributed by atoms with Gasteiger partial charge in [-0.15, -0.1) is 0 Å². The molecular formula is C19H20ClN3O2. The van der Waals surface area contributed by atoms with Crippen LogP contribution >= 0.6 is 11.6 Å². The number of anilines is 3. The van der Waals surface area contributed by atoms with E-state index in [2.05, 4.69) is 10.6 Å². The minimum Gasteiger partial charge on any atom is -0.376 e. The van der Waals surface area contributed by atoms with Gasteiger partial charge in [-0.2, -0.15) is 0 Å². The molecule has 1 aliphatic carbocycles. The minimum absolute atomic E-state index is 0.0479. The van der Waals surface area contributed by atoms with Crippen molar-refractivity contribution in [3.05, 3.63) is 53.1 Å². The number of halogens is 1. The molecular weight excluding hydrogens is 338 g/mol. The van der Waals surface area contributed by atoms with E-state index in [1.54, 1.807) is 36.4 Å². The Labute approximate surface area is 152 Å². The number of rotatable bonds is 5. The van der Waals surface area contributed by atoms with Crippen LogP contribution in [0.4, 0.5) is 17.1 Å². The molecule has 0 aliphatic heterocycles. The van der Waals surface area contributed by atoms with Crippen LogP contribution in [0, 0.1) is 5.92 Å². The summed E-state index contributed by atoms with van der Waals surface area (Å²) >= 11 is 6.04. The van der Waals surface area contributed by atoms with Gasteiger partial charge in [-0.05, 0) is 55.3 Å². The third kappa shape index (κ3) is 4.31. The summed E-state index contributed by atoms with van der Waals surface area (Å²) in [5.74, 6) is -0.0348. The number of nitrogens with zero attached hydrogens (tertiary/aromatic N) is 1. The van der Waals surface area contributed by atoms with Crippen LogP contribution in [-0.2, 0) is 4.79 Å². The van der Waals surface area contributed by atoms with Crippen molar-refractivity contribution in [3.8, 4) is 0 Å². The monoisotopic (exact) mass is 357 g/mol. The quantitative estimate of drug-likeness (QED) is 0.850. The number of hydrogen-bond acceptors (Lipinski definition) is 3. The van der Waals surface area contributed by atoms with Crippen LogP contribution < -0.4 is 15.5 Å². The molecule has 130 valence electrons. The van der Waals surface area contributed by atoms with Crippen molar-refractivity contribution < 1.29 is 9.59 Å². The smallest absolute Gasteiger partial charge is 0.255 e. The van der Waals surface area contributed by atoms with Gasteiger partial charge in [0.05, 0.1) is 11.4 Å². The molecule has 2 aromatic carbocycles. The van der Waals surface area contributed by atoms with Gasteiger partial charge in [0.1, 0.15) is 0 Å². The van der Waals surface area contributed by atoms with E-state index in [0.29, 0.717) is 22.0 Å². The minimum atomic E-state index is -0.231. The molecule has 0 aromatic heterocycles. The first-order valence-corrected chi connectivity index (χ1v) is 8.51. The highest BCUT2D eigenvalue weighted by Crippen LogP contribution is 2.30. The second kappa shape index (κ2) is 7.15. The van der Waals surface area contributed by atoms with Crippen molar-refractivity contribution in [2.75, 3.05) is 29.6 Å². The SMILES string of the molecule is CN(C)c1ccc(Cl)cc1NC(=O)c1ccc(NC(=O)C2CC2)cc1. The van der Waals surface area contributed by atoms with Crippen LogP contribution in [0.2, 0.25) is 5.02 Å². The van der Waals surface area contributed by atoms with Gasteiger partial charge in [0, 0.05) is 36.3 Å². The first kappa shape index (κ1) is 17.3. The van der Waals surface area contributed by atoms with Crippen LogP contribution in [0.25, 0.3) is 0 Å². The predicted molar refractivity (Wildman–Crippen MR) is 102 cm³/mol. The molecule has 0 atom stereocenters. The van der Waals surface area contributed by atoms with Crippen LogP contribution in [0.1, 0.15) is 23.2 Å². The summed E-state index contributed by atoms with van der Waals surface area (Å²) in [5, 5.41) is 6.30. The summed E-state index contributed by atoms with van der Waals surface area (Å²) < 4.78 is 0. The van der Waals surface area contributed by atoms with Crippen molar-refractivity contribution >= 4 is 40.5 Å². The summed E-state index contributed by atoms with van der Waals surface area (Å²) in [5.41, 5.74) is 2.72. The van der Waals surface area contributed by atoms with E-state index in [4.69, 9.17) is 11.6 Å². The molecule has 6 heteroatoms. The van der Waals surface area contributed by atoms with Gasteiger partial charge in [0.15, 0.2) is 0 Å². The van der Waals surface area contributed by atoms with Gasteiger partial charge < -0.3 is 15.5 Å². The van der Waals surface area contributed by atoms with Gasteiger partial charge >= 0.3 is 0 Å². The molecule has 25 heavy (non-hydrogen) atoms. The third-order valence-electron chi connectivity index (χ3n) is 4.05. The number of carbonyl (C=O) groups excluding carboxylic acids is 2. The summed E-state index contributed by atoms with van der Waals surface area (Å²) in [6.45, 7) is 0. The fraction of sp³-hybridized carbons (Fsp3) is 0.263. The molecule has 1 fully saturated rings. The maximum absolute atomic E-state index is 12.5. The molecule has 2 amide bonds. The Hall–Kier alpha value is -2.53. The Morgan fingerprint density at radius 1 is 1.04 bits per heavy atom. The van der Waals surface area contributed by atoms with Crippen LogP contribution in [-0.4, -0.2) is 25.9 Å². The Bertz CT molecular complexity index is 799. The van der Waals surface area contributed by atoms with Crippen molar-refractivity contribution in [2.24, 2.45) is 5.92 Å². The molecule has 5 nitrogen and oxygen atoms in total. The number of carbonyl (C=O) groups is 2. The fourth-order valence-corrected chi connectivity index (χ4v) is 2.66. The van der Waals surface area contributed by atoms with Crippen LogP contribution in [0.15, 0.2) is 42.5 Å². The molecule has 0 spiro atoms. The second-order valence-corrected chi connectivity index (χ2v) is 6.79. The predicted octanol–water partition coefficient (Wildman–Crippen LogP) is 4.01. The van der Waals surface area contributed by atoms with Crippen LogP contribution in [0.5, 0.6) is 0 Å². The zero-order chi connectivity index (χ0) is 18.0. The topological polar surface area (TPSA) is 61.4 Å². The van der Waals surface area contributed by atoms with Crippen molar-refractivity contribution in [1.82, 2.24) is 0 Å². The van der Waals surface area contributed by atoms with Gasteiger partial charge in [-0.25, -0.2) is 0 Å². The van der Waals surface area contributed by atoms with Gasteiger partial charge in [0.2, 0.25) is 5.91 Å². The number of nitrogens with one attached hydrogen (secondary N) is 2. The zero-order valence-corrected chi connectivity index (χ0v) is 14.9. The van der Waals surface area contributed by atoms with Gasteiger partial charge in [-0.1, -0.05) is 11.6 Å². The zero-order valence-electron chi connectivity index (χ0n) is 14.2. The van der Waals surface area contributed by atoms with Crippen molar-refractivity contribution in [3.63, 3.8) is 0 Å². The molecule has 1 saturated carbocycles. The van der Waals surface area contributed by atoms with Gasteiger partial charge in [0.25, 0.3) is 5.91 Å². The van der Waals surface area contributed by atoms with Crippen molar-refractivity contribution in [2.45, 2.75) is 12.8 Å². The second-order valence-electron chi connectivity index (χ2n) is 6.35. The lowest BCUT2D eigenvalue weighted by atomic mass is 10.1. The summed E-state index contributed by atoms with van der Waals surface area (Å²) in [4.78, 5) is 26.2. The third-order valence-corrected chi connectivity index (χ3v) is 4.29. The fourth-order valence-electron chi connectivity index (χ4n) is 2.49. The number of hydrogen-bond donors (Lipinski definition) is 2. The highest BCUT2D eigenvalue weighted by Gasteiger charge is 2.29. The highest BCUT2D eigenvalue weighted by atomic mass is 35.5. The largest absolute Gasteiger partial charge is 0.376 e. The van der Waals surface area contributed by atoms with Gasteiger partial charge in [-0.3, -0.25) is 9.59 Å². The first-order chi connectivity index (χ1) is 11.9. The molecule has 0 radical (unpaired) electrons. The maximum atomic E-state index is 12.5. The molecule has 2 N–H and O–H groups in total. The number of benzene rings is 2. The van der Waals surface area contributed by atoms with E-state index < -0.39 is 0 Å². The molecule has 2 aromatic rings. The maximum Gasteiger partial charge on any atom is 0.255 e. The molecule has 3 rings (SSSR count). The molecule has 0 unspecified atom stereocenters. The number of amides is 2. The summed E-state index contributed by atoms with van der Waals surface area (Å²) in [7, 11) is 3.80. The average Bonchev–Trinajstić information content (AvgIpc) is 3.40. The van der Waals surface area contributed by atoms with Crippen LogP contribution in [0.3, 0.4) is 0 Å². The Morgan fingerprint density at radius 2 is 1.72 bits per heavy atom. The average molecular weight is 358 g/mol. The first-order valence-electron chi connectivity index (χ1n) is 8.13. The lowest BCUT2D eigenvalue weighted by Gasteiger charge is -2.18. The highest BCUT2D eigenvalue weighted by molar-refractivity contribution is 6.31. The summed E-state index contributed by atoms with van der Waals surface area (Å²) in [6.07, 6.45) is 1.92. The Kier molecular flexibility index (Phi) is 4.95. The van der Waals surface area contributed by atoms with E-state index in [1.807, 2.05) is 25.1 Å².